The lowest BCUT2D eigenvalue weighted by Gasteiger charge is -2.34. The first-order valence-corrected chi connectivity index (χ1v) is 8.95. The first-order valence-electron chi connectivity index (χ1n) is 8.57. The summed E-state index contributed by atoms with van der Waals surface area (Å²) in [7, 11) is 0. The van der Waals surface area contributed by atoms with E-state index in [1.54, 1.807) is 29.2 Å². The van der Waals surface area contributed by atoms with Gasteiger partial charge in [-0.15, -0.1) is 0 Å². The van der Waals surface area contributed by atoms with E-state index >= 15 is 0 Å². The normalized spacial score (nSPS) is 20.2. The lowest BCUT2D eigenvalue weighted by atomic mass is 9.92. The molecule has 1 amide bonds. The third-order valence-electron chi connectivity index (χ3n) is 4.30. The summed E-state index contributed by atoms with van der Waals surface area (Å²) >= 11 is 5.78. The standard InChI is InChI=1S/C19H24ClNO4/c1-13-9-14(2)11-21(10-13)18(23)12-25-19(24)8-7-17(22)15-3-5-16(20)6-4-15/h3-6,13-14H,7-12H2,1-2H3/t13-,14-/m0/s1. The van der Waals surface area contributed by atoms with Gasteiger partial charge in [-0.05, 0) is 42.5 Å². The van der Waals surface area contributed by atoms with E-state index in [1.165, 1.54) is 0 Å². The molecule has 1 fully saturated rings. The number of ketones is 1. The van der Waals surface area contributed by atoms with Gasteiger partial charge in [0.15, 0.2) is 12.4 Å². The van der Waals surface area contributed by atoms with Gasteiger partial charge in [-0.3, -0.25) is 14.4 Å². The number of rotatable bonds is 6. The highest BCUT2D eigenvalue weighted by Crippen LogP contribution is 2.21. The molecule has 6 heteroatoms. The average molecular weight is 366 g/mol. The smallest absolute Gasteiger partial charge is 0.306 e. The Morgan fingerprint density at radius 2 is 1.68 bits per heavy atom. The molecule has 0 aromatic heterocycles. The van der Waals surface area contributed by atoms with E-state index in [4.69, 9.17) is 16.3 Å². The highest BCUT2D eigenvalue weighted by molar-refractivity contribution is 6.30. The van der Waals surface area contributed by atoms with E-state index in [0.29, 0.717) is 35.5 Å². The topological polar surface area (TPSA) is 63.7 Å². The van der Waals surface area contributed by atoms with Gasteiger partial charge in [-0.25, -0.2) is 0 Å². The van der Waals surface area contributed by atoms with E-state index in [-0.39, 0.29) is 31.1 Å². The molecule has 0 saturated carbocycles. The number of halogens is 1. The Balaban J connectivity index is 1.72. The van der Waals surface area contributed by atoms with Crippen molar-refractivity contribution in [2.24, 2.45) is 11.8 Å². The summed E-state index contributed by atoms with van der Waals surface area (Å²) in [4.78, 5) is 37.7. The Kier molecular flexibility index (Phi) is 7.00. The summed E-state index contributed by atoms with van der Waals surface area (Å²) in [5.41, 5.74) is 0.504. The summed E-state index contributed by atoms with van der Waals surface area (Å²) in [6, 6.07) is 6.51. The van der Waals surface area contributed by atoms with Gasteiger partial charge in [0.25, 0.3) is 5.91 Å². The lowest BCUT2D eigenvalue weighted by Crippen LogP contribution is -2.44. The molecule has 25 heavy (non-hydrogen) atoms. The van der Waals surface area contributed by atoms with Gasteiger partial charge in [0.05, 0.1) is 6.42 Å². The summed E-state index contributed by atoms with van der Waals surface area (Å²) in [6.45, 7) is 5.38. The number of piperidine rings is 1. The number of Topliss-reactive ketones (excluding diaryl/α,β-unsaturated/α-hetero) is 1. The molecule has 5 nitrogen and oxygen atoms in total. The molecule has 1 aromatic rings. The fourth-order valence-electron chi connectivity index (χ4n) is 3.17. The van der Waals surface area contributed by atoms with Gasteiger partial charge in [-0.2, -0.15) is 0 Å². The number of carbonyl (C=O) groups excluding carboxylic acids is 3. The molecule has 1 aromatic carbocycles. The van der Waals surface area contributed by atoms with Crippen LogP contribution in [0.4, 0.5) is 0 Å². The van der Waals surface area contributed by atoms with Crippen LogP contribution < -0.4 is 0 Å². The number of amides is 1. The maximum Gasteiger partial charge on any atom is 0.306 e. The third kappa shape index (κ3) is 6.16. The average Bonchev–Trinajstić information content (AvgIpc) is 2.57. The van der Waals surface area contributed by atoms with E-state index in [2.05, 4.69) is 13.8 Å². The zero-order valence-electron chi connectivity index (χ0n) is 14.7. The Morgan fingerprint density at radius 1 is 1.08 bits per heavy atom. The lowest BCUT2D eigenvalue weighted by molar-refractivity contribution is -0.153. The summed E-state index contributed by atoms with van der Waals surface area (Å²) in [5, 5.41) is 0.552. The zero-order chi connectivity index (χ0) is 18.4. The number of carbonyl (C=O) groups is 3. The fourth-order valence-corrected chi connectivity index (χ4v) is 3.29. The molecule has 0 N–H and O–H groups in total. The van der Waals surface area contributed by atoms with E-state index < -0.39 is 5.97 Å². The summed E-state index contributed by atoms with van der Waals surface area (Å²) in [5.74, 6) is 0.0592. The molecule has 0 aliphatic carbocycles. The number of nitrogens with zero attached hydrogens (tertiary/aromatic N) is 1. The SMILES string of the molecule is C[C@H]1C[C@H](C)CN(C(=O)COC(=O)CCC(=O)c2ccc(Cl)cc2)C1. The van der Waals surface area contributed by atoms with Crippen molar-refractivity contribution in [1.82, 2.24) is 4.90 Å². The second-order valence-electron chi connectivity index (χ2n) is 6.84. The van der Waals surface area contributed by atoms with Crippen molar-refractivity contribution in [2.75, 3.05) is 19.7 Å². The van der Waals surface area contributed by atoms with Gasteiger partial charge < -0.3 is 9.64 Å². The minimum Gasteiger partial charge on any atom is -0.456 e. The minimum atomic E-state index is -0.534. The van der Waals surface area contributed by atoms with Gasteiger partial charge in [0.2, 0.25) is 0 Å². The van der Waals surface area contributed by atoms with Gasteiger partial charge >= 0.3 is 5.97 Å². The quantitative estimate of drug-likeness (QED) is 0.573. The molecule has 2 rings (SSSR count). The molecule has 0 bridgehead atoms. The third-order valence-corrected chi connectivity index (χ3v) is 4.55. The molecule has 0 radical (unpaired) electrons. The molecule has 2 atom stereocenters. The van der Waals surface area contributed by atoms with E-state index in [9.17, 15) is 14.4 Å². The van der Waals surface area contributed by atoms with E-state index in [0.717, 1.165) is 6.42 Å². The maximum atomic E-state index is 12.2. The number of esters is 1. The predicted octanol–water partition coefficient (Wildman–Crippen LogP) is 3.35. The van der Waals surface area contributed by atoms with Crippen LogP contribution in [0.2, 0.25) is 5.02 Å². The number of benzene rings is 1. The van der Waals surface area contributed by atoms with Crippen molar-refractivity contribution in [2.45, 2.75) is 33.1 Å². The first-order chi connectivity index (χ1) is 11.8. The fraction of sp³-hybridized carbons (Fsp3) is 0.526. The first kappa shape index (κ1) is 19.4. The van der Waals surface area contributed by atoms with E-state index in [1.807, 2.05) is 0 Å². The molecule has 1 saturated heterocycles. The minimum absolute atomic E-state index is 0.0401. The van der Waals surface area contributed by atoms with Gasteiger partial charge in [0.1, 0.15) is 0 Å². The number of hydrogen-bond acceptors (Lipinski definition) is 4. The van der Waals surface area contributed by atoms with Crippen LogP contribution in [-0.2, 0) is 14.3 Å². The second kappa shape index (κ2) is 8.99. The molecular formula is C19H24ClNO4. The molecule has 0 unspecified atom stereocenters. The molecule has 1 aliphatic rings. The van der Waals surface area contributed by atoms with Crippen molar-refractivity contribution >= 4 is 29.3 Å². The monoisotopic (exact) mass is 365 g/mol. The second-order valence-corrected chi connectivity index (χ2v) is 7.27. The summed E-state index contributed by atoms with van der Waals surface area (Å²) < 4.78 is 5.03. The molecule has 1 heterocycles. The molecule has 1 aliphatic heterocycles. The van der Waals surface area contributed by atoms with Crippen molar-refractivity contribution in [3.63, 3.8) is 0 Å². The van der Waals surface area contributed by atoms with Crippen LogP contribution in [0.5, 0.6) is 0 Å². The van der Waals surface area contributed by atoms with Gasteiger partial charge in [0, 0.05) is 30.1 Å². The Bertz CT molecular complexity index is 619. The zero-order valence-corrected chi connectivity index (χ0v) is 15.4. The van der Waals surface area contributed by atoms with Crippen LogP contribution in [-0.4, -0.2) is 42.3 Å². The summed E-state index contributed by atoms with van der Waals surface area (Å²) in [6.07, 6.45) is 1.12. The molecule has 136 valence electrons. The number of ether oxygens (including phenoxy) is 1. The highest BCUT2D eigenvalue weighted by atomic mass is 35.5. The van der Waals surface area contributed by atoms with Crippen LogP contribution in [0.1, 0.15) is 43.5 Å². The van der Waals surface area contributed by atoms with Crippen molar-refractivity contribution in [3.8, 4) is 0 Å². The Morgan fingerprint density at radius 3 is 2.28 bits per heavy atom. The van der Waals surface area contributed by atoms with Gasteiger partial charge in [-0.1, -0.05) is 25.4 Å². The Hall–Kier alpha value is -1.88. The van der Waals surface area contributed by atoms with Crippen LogP contribution in [0.15, 0.2) is 24.3 Å². The van der Waals surface area contributed by atoms with Crippen LogP contribution in [0, 0.1) is 11.8 Å². The van der Waals surface area contributed by atoms with Crippen molar-refractivity contribution in [1.29, 1.82) is 0 Å². The number of hydrogen-bond donors (Lipinski definition) is 0. The predicted molar refractivity (Wildman–Crippen MR) is 95.5 cm³/mol. The largest absolute Gasteiger partial charge is 0.456 e. The van der Waals surface area contributed by atoms with Crippen LogP contribution in [0.3, 0.4) is 0 Å². The van der Waals surface area contributed by atoms with Crippen molar-refractivity contribution < 1.29 is 19.1 Å². The van der Waals surface area contributed by atoms with Crippen LogP contribution >= 0.6 is 11.6 Å². The Labute approximate surface area is 153 Å². The highest BCUT2D eigenvalue weighted by Gasteiger charge is 2.25. The maximum absolute atomic E-state index is 12.2. The number of likely N-dealkylation sites (tertiary alicyclic amines) is 1. The molecular weight excluding hydrogens is 342 g/mol. The molecule has 0 spiro atoms. The van der Waals surface area contributed by atoms with Crippen LogP contribution in [0.25, 0.3) is 0 Å². The van der Waals surface area contributed by atoms with Crippen molar-refractivity contribution in [3.05, 3.63) is 34.9 Å².